The number of nitrogens with one attached hydrogen (secondary N) is 1. The molecule has 1 aromatic carbocycles. The first-order valence-electron chi connectivity index (χ1n) is 5.62. The lowest BCUT2D eigenvalue weighted by Crippen LogP contribution is -2.36. The minimum absolute atomic E-state index is 0.0405. The highest BCUT2D eigenvalue weighted by atomic mass is 16.6. The van der Waals surface area contributed by atoms with E-state index in [1.807, 2.05) is 0 Å². The van der Waals surface area contributed by atoms with Crippen LogP contribution >= 0.6 is 0 Å². The van der Waals surface area contributed by atoms with Gasteiger partial charge in [0.2, 0.25) is 5.91 Å². The van der Waals surface area contributed by atoms with Crippen LogP contribution in [0.3, 0.4) is 0 Å². The molecule has 1 rings (SSSR count). The van der Waals surface area contributed by atoms with Crippen molar-refractivity contribution in [2.45, 2.75) is 25.8 Å². The van der Waals surface area contributed by atoms with Crippen LogP contribution in [0.4, 0.5) is 17.1 Å². The Morgan fingerprint density at radius 2 is 1.90 bits per heavy atom. The van der Waals surface area contributed by atoms with Gasteiger partial charge in [0, 0.05) is 18.0 Å². The largest absolute Gasteiger partial charge is 0.374 e. The maximum Gasteiger partial charge on any atom is 0.299 e. The average Bonchev–Trinajstić information content (AvgIpc) is 2.26. The zero-order chi connectivity index (χ0) is 15.5. The van der Waals surface area contributed by atoms with Gasteiger partial charge in [-0.3, -0.25) is 25.0 Å². The summed E-state index contributed by atoms with van der Waals surface area (Å²) in [5.41, 5.74) is 3.56. The van der Waals surface area contributed by atoms with Crippen molar-refractivity contribution in [1.29, 1.82) is 0 Å². The molecule has 0 atom stereocenters. The van der Waals surface area contributed by atoms with Gasteiger partial charge in [-0.05, 0) is 19.9 Å². The van der Waals surface area contributed by atoms with Crippen LogP contribution in [0.5, 0.6) is 0 Å². The van der Waals surface area contributed by atoms with Crippen molar-refractivity contribution in [3.05, 3.63) is 38.4 Å². The molecule has 20 heavy (non-hydrogen) atoms. The molecule has 0 spiro atoms. The van der Waals surface area contributed by atoms with E-state index in [0.29, 0.717) is 0 Å². The zero-order valence-electron chi connectivity index (χ0n) is 11.0. The van der Waals surface area contributed by atoms with Gasteiger partial charge in [0.25, 0.3) is 11.4 Å². The molecule has 1 aromatic rings. The minimum atomic E-state index is -0.813. The second kappa shape index (κ2) is 5.51. The summed E-state index contributed by atoms with van der Waals surface area (Å²) >= 11 is 0. The molecule has 0 aromatic heterocycles. The Morgan fingerprint density at radius 3 is 2.35 bits per heavy atom. The number of primary amides is 1. The van der Waals surface area contributed by atoms with Gasteiger partial charge < -0.3 is 11.1 Å². The van der Waals surface area contributed by atoms with Crippen molar-refractivity contribution in [1.82, 2.24) is 0 Å². The quantitative estimate of drug-likeness (QED) is 0.599. The van der Waals surface area contributed by atoms with E-state index in [1.54, 1.807) is 13.8 Å². The summed E-state index contributed by atoms with van der Waals surface area (Å²) in [6.45, 7) is 3.28. The van der Waals surface area contributed by atoms with E-state index in [1.165, 1.54) is 6.07 Å². The Morgan fingerprint density at radius 1 is 1.30 bits per heavy atom. The minimum Gasteiger partial charge on any atom is -0.374 e. The number of hydrogen-bond acceptors (Lipinski definition) is 6. The molecule has 0 radical (unpaired) electrons. The molecule has 0 unspecified atom stereocenters. The first kappa shape index (κ1) is 15.3. The molecule has 1 amide bonds. The fraction of sp³-hybridized carbons (Fsp3) is 0.364. The summed E-state index contributed by atoms with van der Waals surface area (Å²) in [5.74, 6) is -0.563. The van der Waals surface area contributed by atoms with Crippen molar-refractivity contribution in [2.75, 3.05) is 5.32 Å². The van der Waals surface area contributed by atoms with Crippen LogP contribution in [0.1, 0.15) is 20.3 Å². The van der Waals surface area contributed by atoms with Gasteiger partial charge in [-0.25, -0.2) is 0 Å². The maximum atomic E-state index is 11.0. The van der Waals surface area contributed by atoms with Gasteiger partial charge in [0.1, 0.15) is 5.69 Å². The number of rotatable bonds is 6. The number of nitrogens with two attached hydrogens (primary N) is 1. The van der Waals surface area contributed by atoms with Crippen LogP contribution in [0.2, 0.25) is 0 Å². The molecule has 9 heteroatoms. The van der Waals surface area contributed by atoms with Gasteiger partial charge in [-0.15, -0.1) is 0 Å². The van der Waals surface area contributed by atoms with Gasteiger partial charge >= 0.3 is 0 Å². The predicted octanol–water partition coefficient (Wildman–Crippen LogP) is 1.57. The van der Waals surface area contributed by atoms with E-state index >= 15 is 0 Å². The van der Waals surface area contributed by atoms with E-state index in [4.69, 9.17) is 5.73 Å². The summed E-state index contributed by atoms with van der Waals surface area (Å²) in [6, 6.07) is 3.25. The number of anilines is 1. The summed E-state index contributed by atoms with van der Waals surface area (Å²) in [6.07, 6.45) is -0.0405. The molecule has 108 valence electrons. The fourth-order valence-corrected chi connectivity index (χ4v) is 1.73. The van der Waals surface area contributed by atoms with Gasteiger partial charge in [0.15, 0.2) is 0 Å². The van der Waals surface area contributed by atoms with E-state index in [2.05, 4.69) is 5.32 Å². The highest BCUT2D eigenvalue weighted by molar-refractivity contribution is 5.76. The summed E-state index contributed by atoms with van der Waals surface area (Å²) in [4.78, 5) is 31.1. The lowest BCUT2D eigenvalue weighted by Gasteiger charge is -2.25. The molecule has 0 saturated carbocycles. The molecule has 0 fully saturated rings. The number of nitrogens with zero attached hydrogens (tertiary/aromatic N) is 2. The predicted molar refractivity (Wildman–Crippen MR) is 71.3 cm³/mol. The number of amides is 1. The Hall–Kier alpha value is -2.71. The van der Waals surface area contributed by atoms with Crippen LogP contribution in [0, 0.1) is 20.2 Å². The Labute approximate surface area is 114 Å². The third kappa shape index (κ3) is 3.90. The monoisotopic (exact) mass is 282 g/mol. The molecule has 0 saturated heterocycles. The third-order valence-corrected chi connectivity index (χ3v) is 2.48. The Bertz CT molecular complexity index is 570. The van der Waals surface area contributed by atoms with E-state index in [0.717, 1.165) is 12.1 Å². The van der Waals surface area contributed by atoms with Crippen LogP contribution in [-0.2, 0) is 4.79 Å². The third-order valence-electron chi connectivity index (χ3n) is 2.48. The van der Waals surface area contributed by atoms with Gasteiger partial charge in [-0.1, -0.05) is 0 Å². The SMILES string of the molecule is CC(C)(CC(N)=O)Nc1ccc([N+](=O)[O-])cc1[N+](=O)[O-]. The molecule has 0 heterocycles. The van der Waals surface area contributed by atoms with Gasteiger partial charge in [-0.2, -0.15) is 0 Å². The van der Waals surface area contributed by atoms with E-state index < -0.39 is 27.0 Å². The number of nitro groups is 2. The molecule has 0 aliphatic rings. The van der Waals surface area contributed by atoms with Crippen molar-refractivity contribution < 1.29 is 14.6 Å². The molecule has 9 nitrogen and oxygen atoms in total. The van der Waals surface area contributed by atoms with Crippen molar-refractivity contribution in [3.8, 4) is 0 Å². The first-order chi connectivity index (χ1) is 9.12. The van der Waals surface area contributed by atoms with E-state index in [-0.39, 0.29) is 17.8 Å². The van der Waals surface area contributed by atoms with Crippen LogP contribution in [-0.4, -0.2) is 21.3 Å². The van der Waals surface area contributed by atoms with Crippen LogP contribution < -0.4 is 11.1 Å². The summed E-state index contributed by atoms with van der Waals surface area (Å²) < 4.78 is 0. The smallest absolute Gasteiger partial charge is 0.299 e. The number of non-ortho nitro benzene ring substituents is 1. The lowest BCUT2D eigenvalue weighted by molar-refractivity contribution is -0.393. The molecule has 0 aliphatic heterocycles. The van der Waals surface area contributed by atoms with E-state index in [9.17, 15) is 25.0 Å². The van der Waals surface area contributed by atoms with Crippen LogP contribution in [0.15, 0.2) is 18.2 Å². The fourth-order valence-electron chi connectivity index (χ4n) is 1.73. The molecular weight excluding hydrogens is 268 g/mol. The summed E-state index contributed by atoms with van der Waals surface area (Å²) in [5, 5.41) is 24.4. The lowest BCUT2D eigenvalue weighted by atomic mass is 9.99. The normalized spacial score (nSPS) is 10.9. The summed E-state index contributed by atoms with van der Waals surface area (Å²) in [7, 11) is 0. The number of hydrogen-bond donors (Lipinski definition) is 2. The number of benzene rings is 1. The number of carbonyl (C=O) groups is 1. The topological polar surface area (TPSA) is 141 Å². The maximum absolute atomic E-state index is 11.0. The standard InChI is InChI=1S/C11H14N4O5/c1-11(2,6-10(12)16)13-8-4-3-7(14(17)18)5-9(8)15(19)20/h3-5,13H,6H2,1-2H3,(H2,12,16). The second-order valence-electron chi connectivity index (χ2n) is 4.87. The molecule has 3 N–H and O–H groups in total. The highest BCUT2D eigenvalue weighted by Gasteiger charge is 2.26. The second-order valence-corrected chi connectivity index (χ2v) is 4.87. The number of nitro benzene ring substituents is 2. The van der Waals surface area contributed by atoms with Crippen molar-refractivity contribution >= 4 is 23.0 Å². The Kier molecular flexibility index (Phi) is 4.23. The first-order valence-corrected chi connectivity index (χ1v) is 5.62. The zero-order valence-corrected chi connectivity index (χ0v) is 11.0. The van der Waals surface area contributed by atoms with Crippen molar-refractivity contribution in [3.63, 3.8) is 0 Å². The van der Waals surface area contributed by atoms with Gasteiger partial charge in [0.05, 0.1) is 15.9 Å². The average molecular weight is 282 g/mol. The molecule has 0 aliphatic carbocycles. The highest BCUT2D eigenvalue weighted by Crippen LogP contribution is 2.31. The number of carbonyl (C=O) groups excluding carboxylic acids is 1. The molecular formula is C11H14N4O5. The van der Waals surface area contributed by atoms with Crippen molar-refractivity contribution in [2.24, 2.45) is 5.73 Å². The molecule has 0 bridgehead atoms. The Balaban J connectivity index is 3.15. The van der Waals surface area contributed by atoms with Crippen LogP contribution in [0.25, 0.3) is 0 Å².